The van der Waals surface area contributed by atoms with E-state index in [0.29, 0.717) is 3.43 Å². The molecule has 0 aliphatic carbocycles. The first-order valence-electron chi connectivity index (χ1n) is 8.58. The van der Waals surface area contributed by atoms with Crippen LogP contribution in [0.15, 0.2) is 12.3 Å². The zero-order chi connectivity index (χ0) is 15.6. The van der Waals surface area contributed by atoms with Crippen LogP contribution in [0.25, 0.3) is 0 Å². The van der Waals surface area contributed by atoms with E-state index < -0.39 is 21.1 Å². The van der Waals surface area contributed by atoms with Gasteiger partial charge in [-0.25, -0.2) is 0 Å². The standard InChI is InChI=1S/C13H27.C4H5N2O.Sn/c1-4-7-10-13(11-8-5-2)12-9-6-3;1-7-6-4-2-3-5-6;/h4-12H2,1-3H3;2-3H,1H3;. The molecule has 0 atom stereocenters. The van der Waals surface area contributed by atoms with Crippen molar-refractivity contribution in [2.45, 2.75) is 82.0 Å². The van der Waals surface area contributed by atoms with E-state index in [-0.39, 0.29) is 0 Å². The number of rotatable bonds is 12. The van der Waals surface area contributed by atoms with Gasteiger partial charge >= 0.3 is 141 Å². The van der Waals surface area contributed by atoms with Gasteiger partial charge in [0, 0.05) is 0 Å². The van der Waals surface area contributed by atoms with Crippen molar-refractivity contribution < 1.29 is 4.84 Å². The van der Waals surface area contributed by atoms with E-state index in [1.54, 1.807) is 12.0 Å². The summed E-state index contributed by atoms with van der Waals surface area (Å²) >= 11 is -0.720. The maximum absolute atomic E-state index is 5.39. The molecule has 4 heteroatoms. The molecule has 0 saturated carbocycles. The van der Waals surface area contributed by atoms with E-state index >= 15 is 0 Å². The molecule has 1 aromatic heterocycles. The second-order valence-corrected chi connectivity index (χ2v) is 11.2. The number of unbranched alkanes of at least 4 members (excludes halogenated alkanes) is 3. The average Bonchev–Trinajstić information content (AvgIpc) is 2.95. The van der Waals surface area contributed by atoms with Crippen molar-refractivity contribution in [2.75, 3.05) is 7.11 Å². The Morgan fingerprint density at radius 1 is 1.05 bits per heavy atom. The molecule has 0 N–H and O–H groups in total. The molecule has 1 aromatic rings. The fourth-order valence-electron chi connectivity index (χ4n) is 2.91. The quantitative estimate of drug-likeness (QED) is 0.497. The summed E-state index contributed by atoms with van der Waals surface area (Å²) in [4.78, 5) is 7.16. The molecule has 0 unspecified atom stereocenters. The second-order valence-electron chi connectivity index (χ2n) is 5.99. The van der Waals surface area contributed by atoms with Gasteiger partial charge in [0.2, 0.25) is 0 Å². The van der Waals surface area contributed by atoms with Gasteiger partial charge in [-0.15, -0.1) is 0 Å². The third-order valence-corrected chi connectivity index (χ3v) is 9.61. The predicted molar refractivity (Wildman–Crippen MR) is 91.4 cm³/mol. The predicted octanol–water partition coefficient (Wildman–Crippen LogP) is 4.00. The molecule has 0 amide bonds. The summed E-state index contributed by atoms with van der Waals surface area (Å²) in [6.45, 7) is 6.94. The molecule has 120 valence electrons. The van der Waals surface area contributed by atoms with Gasteiger partial charge in [0.1, 0.15) is 0 Å². The third kappa shape index (κ3) is 6.21. The molecule has 0 fully saturated rings. The van der Waals surface area contributed by atoms with Crippen molar-refractivity contribution in [2.24, 2.45) is 0 Å². The van der Waals surface area contributed by atoms with Gasteiger partial charge in [0.05, 0.1) is 0 Å². The topological polar surface area (TPSA) is 27.1 Å². The van der Waals surface area contributed by atoms with Gasteiger partial charge in [0.25, 0.3) is 0 Å². The van der Waals surface area contributed by atoms with Crippen molar-refractivity contribution in [3.05, 3.63) is 12.3 Å². The van der Waals surface area contributed by atoms with Crippen LogP contribution >= 0.6 is 0 Å². The van der Waals surface area contributed by atoms with Gasteiger partial charge in [0.15, 0.2) is 0 Å². The number of nitrogens with zero attached hydrogens (tertiary/aromatic N) is 2. The SMILES string of the molecule is CCCC[C](CCCC)(CCCC)[Sn][c]1ccnn1OC. The minimum atomic E-state index is -0.720. The zero-order valence-corrected chi connectivity index (χ0v) is 17.2. The number of hydrogen-bond acceptors (Lipinski definition) is 2. The van der Waals surface area contributed by atoms with Crippen molar-refractivity contribution in [1.82, 2.24) is 9.94 Å². The van der Waals surface area contributed by atoms with E-state index in [2.05, 4.69) is 31.9 Å². The Hall–Kier alpha value is -0.191. The summed E-state index contributed by atoms with van der Waals surface area (Å²) in [6.07, 6.45) is 14.2. The Morgan fingerprint density at radius 3 is 2.00 bits per heavy atom. The van der Waals surface area contributed by atoms with Gasteiger partial charge in [-0.2, -0.15) is 0 Å². The zero-order valence-electron chi connectivity index (χ0n) is 14.3. The van der Waals surface area contributed by atoms with Crippen molar-refractivity contribution in [3.63, 3.8) is 0 Å². The summed E-state index contributed by atoms with van der Waals surface area (Å²) in [7, 11) is 1.72. The normalized spacial score (nSPS) is 11.8. The van der Waals surface area contributed by atoms with Crippen molar-refractivity contribution in [3.8, 4) is 0 Å². The van der Waals surface area contributed by atoms with Crippen LogP contribution in [0.2, 0.25) is 3.43 Å². The molecule has 21 heavy (non-hydrogen) atoms. The van der Waals surface area contributed by atoms with E-state index in [1.807, 2.05) is 6.20 Å². The molecule has 1 rings (SSSR count). The van der Waals surface area contributed by atoms with Gasteiger partial charge in [-0.3, -0.25) is 0 Å². The molecule has 0 bridgehead atoms. The molecular weight excluding hydrogens is 367 g/mol. The molecule has 0 spiro atoms. The summed E-state index contributed by atoms with van der Waals surface area (Å²) in [5.41, 5.74) is 0. The third-order valence-electron chi connectivity index (χ3n) is 4.20. The average molecular weight is 399 g/mol. The van der Waals surface area contributed by atoms with Crippen LogP contribution in [0.4, 0.5) is 0 Å². The first-order valence-corrected chi connectivity index (χ1v) is 11.4. The Labute approximate surface area is 141 Å². The van der Waals surface area contributed by atoms with E-state index in [0.717, 1.165) is 0 Å². The first kappa shape index (κ1) is 18.9. The summed E-state index contributed by atoms with van der Waals surface area (Å²) < 4.78 is 1.99. The maximum atomic E-state index is 5.39. The molecule has 0 aliphatic rings. The minimum absolute atomic E-state index is 0.599. The molecule has 0 saturated heterocycles. The van der Waals surface area contributed by atoms with Crippen LogP contribution in [-0.2, 0) is 0 Å². The van der Waals surface area contributed by atoms with Crippen LogP contribution in [0.3, 0.4) is 0 Å². The summed E-state index contributed by atoms with van der Waals surface area (Å²) in [6, 6.07) is 2.19. The van der Waals surface area contributed by atoms with Gasteiger partial charge in [-0.1, -0.05) is 0 Å². The fraction of sp³-hybridized carbons (Fsp3) is 0.824. The van der Waals surface area contributed by atoms with Crippen LogP contribution in [0.5, 0.6) is 0 Å². The Balaban J connectivity index is 2.89. The van der Waals surface area contributed by atoms with Crippen molar-refractivity contribution in [1.29, 1.82) is 0 Å². The number of hydrogen-bond donors (Lipinski definition) is 0. The van der Waals surface area contributed by atoms with E-state index in [4.69, 9.17) is 4.84 Å². The molecule has 1 heterocycles. The molecule has 0 aliphatic heterocycles. The molecule has 0 aromatic carbocycles. The molecule has 3 nitrogen and oxygen atoms in total. The Morgan fingerprint density at radius 2 is 1.57 bits per heavy atom. The van der Waals surface area contributed by atoms with E-state index in [1.165, 1.54) is 61.5 Å². The van der Waals surface area contributed by atoms with E-state index in [9.17, 15) is 0 Å². The number of aromatic nitrogens is 2. The first-order chi connectivity index (χ1) is 10.2. The molecular formula is C17H32N2OSn. The second kappa shape index (κ2) is 10.5. The van der Waals surface area contributed by atoms with Gasteiger partial charge in [-0.05, 0) is 0 Å². The summed E-state index contributed by atoms with van der Waals surface area (Å²) in [5.74, 6) is 0. The van der Waals surface area contributed by atoms with Crippen LogP contribution < -0.4 is 8.55 Å². The Bertz CT molecular complexity index is 357. The van der Waals surface area contributed by atoms with Crippen molar-refractivity contribution >= 4 is 24.9 Å². The van der Waals surface area contributed by atoms with Crippen LogP contribution in [0, 0.1) is 0 Å². The molecule has 2 radical (unpaired) electrons. The fourth-order valence-corrected chi connectivity index (χ4v) is 8.19. The van der Waals surface area contributed by atoms with Crippen LogP contribution in [0.1, 0.15) is 78.6 Å². The Kier molecular flexibility index (Phi) is 9.45. The summed E-state index contributed by atoms with van der Waals surface area (Å²) in [5, 5.41) is 4.30. The monoisotopic (exact) mass is 400 g/mol. The van der Waals surface area contributed by atoms with Gasteiger partial charge < -0.3 is 0 Å². The van der Waals surface area contributed by atoms with Crippen LogP contribution in [-0.4, -0.2) is 38.2 Å².